The lowest BCUT2D eigenvalue weighted by molar-refractivity contribution is -0.145. The Labute approximate surface area is 306 Å². The fourth-order valence-electron chi connectivity index (χ4n) is 6.72. The van der Waals surface area contributed by atoms with Gasteiger partial charge in [-0.05, 0) is 110 Å². The zero-order valence-corrected chi connectivity index (χ0v) is 30.5. The van der Waals surface area contributed by atoms with Crippen LogP contribution in [0.4, 0.5) is 0 Å². The number of nitrogens with zero attached hydrogens (tertiary/aromatic N) is 2. The van der Waals surface area contributed by atoms with E-state index in [-0.39, 0.29) is 38.8 Å². The summed E-state index contributed by atoms with van der Waals surface area (Å²) in [5.74, 6) is -3.99. The number of carbonyl (C=O) groups is 6. The normalized spacial score (nSPS) is 20.9. The summed E-state index contributed by atoms with van der Waals surface area (Å²) in [7, 11) is 0. The van der Waals surface area contributed by atoms with Crippen LogP contribution in [0.2, 0.25) is 0 Å². The average molecular weight is 741 g/mol. The van der Waals surface area contributed by atoms with E-state index >= 15 is 0 Å². The number of nitrogens with two attached hydrogens (primary N) is 5. The van der Waals surface area contributed by atoms with Crippen LogP contribution >= 0.6 is 0 Å². The number of hydrogen-bond acceptors (Lipinski definition) is 12. The molecule has 0 aliphatic carbocycles. The molecular formula is C34H64N10O8. The highest BCUT2D eigenvalue weighted by atomic mass is 16.4. The van der Waals surface area contributed by atoms with Gasteiger partial charge in [0.15, 0.2) is 0 Å². The van der Waals surface area contributed by atoms with Crippen molar-refractivity contribution in [1.29, 1.82) is 0 Å². The first-order chi connectivity index (χ1) is 24.9. The molecule has 0 radical (unpaired) electrons. The Morgan fingerprint density at radius 1 is 0.635 bits per heavy atom. The predicted molar refractivity (Wildman–Crippen MR) is 194 cm³/mol. The fraction of sp³-hybridized carbons (Fsp3) is 0.824. The molecule has 2 fully saturated rings. The third-order valence-electron chi connectivity index (χ3n) is 9.69. The summed E-state index contributed by atoms with van der Waals surface area (Å²) in [6.45, 7) is 1.74. The first-order valence-corrected chi connectivity index (χ1v) is 18.9. The highest BCUT2D eigenvalue weighted by Crippen LogP contribution is 2.22. The van der Waals surface area contributed by atoms with Crippen molar-refractivity contribution in [3.8, 4) is 0 Å². The molecule has 0 aromatic heterocycles. The van der Waals surface area contributed by atoms with Crippen molar-refractivity contribution >= 4 is 35.5 Å². The third kappa shape index (κ3) is 14.2. The fourth-order valence-corrected chi connectivity index (χ4v) is 6.72. The second kappa shape index (κ2) is 24.0. The van der Waals surface area contributed by atoms with Crippen molar-refractivity contribution < 1.29 is 39.0 Å². The molecule has 2 rings (SSSR count). The van der Waals surface area contributed by atoms with Gasteiger partial charge in [-0.25, -0.2) is 4.79 Å². The van der Waals surface area contributed by atoms with E-state index < -0.39 is 77.9 Å². The van der Waals surface area contributed by atoms with Gasteiger partial charge in [0.05, 0.1) is 12.1 Å². The number of aliphatic carboxylic acids is 1. The number of β-amino-alcohol motifs (C(OH)–C–C–N with tert-alkyl or cyclic N) is 1. The lowest BCUT2D eigenvalue weighted by Gasteiger charge is -2.31. The largest absolute Gasteiger partial charge is 0.480 e. The van der Waals surface area contributed by atoms with Crippen LogP contribution in [0.1, 0.15) is 96.3 Å². The van der Waals surface area contributed by atoms with Crippen LogP contribution in [0.5, 0.6) is 0 Å². The number of rotatable bonds is 25. The lowest BCUT2D eigenvalue weighted by Crippen LogP contribution is -2.59. The maximum atomic E-state index is 14.0. The van der Waals surface area contributed by atoms with Crippen LogP contribution < -0.4 is 44.6 Å². The summed E-state index contributed by atoms with van der Waals surface area (Å²) in [6.07, 6.45) is 5.38. The molecule has 0 aromatic carbocycles. The SMILES string of the molecule is NCCCC[C@H](NC(=O)[C@@H]1CCCN1C(=O)[C@H](CCCCN)NC(=O)[C@H](CCCCN)NC(=O)[C@@H]1C[C@@H](O)CN1C(=O)[C@@H](N)CCCCN)C(=O)O. The molecule has 2 aliphatic heterocycles. The molecule has 0 aromatic rings. The van der Waals surface area contributed by atoms with Crippen LogP contribution in [-0.2, 0) is 28.8 Å². The minimum atomic E-state index is -1.18. The Morgan fingerprint density at radius 3 is 1.69 bits per heavy atom. The molecule has 298 valence electrons. The first-order valence-electron chi connectivity index (χ1n) is 18.9. The molecular weight excluding hydrogens is 676 g/mol. The Morgan fingerprint density at radius 2 is 1.13 bits per heavy atom. The molecule has 2 aliphatic rings. The summed E-state index contributed by atoms with van der Waals surface area (Å²) >= 11 is 0. The number of aliphatic hydroxyl groups excluding tert-OH is 1. The topological polar surface area (TPSA) is 316 Å². The quantitative estimate of drug-likeness (QED) is 0.0427. The van der Waals surface area contributed by atoms with Crippen LogP contribution in [0.25, 0.3) is 0 Å². The zero-order chi connectivity index (χ0) is 38.6. The molecule has 15 N–H and O–H groups in total. The van der Waals surface area contributed by atoms with Gasteiger partial charge < -0.3 is 64.6 Å². The van der Waals surface area contributed by atoms with Crippen LogP contribution in [0.3, 0.4) is 0 Å². The van der Waals surface area contributed by atoms with Crippen molar-refractivity contribution in [2.24, 2.45) is 28.7 Å². The summed E-state index contributed by atoms with van der Waals surface area (Å²) in [4.78, 5) is 82.5. The molecule has 18 nitrogen and oxygen atoms in total. The van der Waals surface area contributed by atoms with Gasteiger partial charge in [-0.15, -0.1) is 0 Å². The summed E-state index contributed by atoms with van der Waals surface area (Å²) < 4.78 is 0. The molecule has 5 amide bonds. The van der Waals surface area contributed by atoms with E-state index in [4.69, 9.17) is 28.7 Å². The summed E-state index contributed by atoms with van der Waals surface area (Å²) in [5, 5.41) is 28.2. The van der Waals surface area contributed by atoms with E-state index in [9.17, 15) is 39.0 Å². The van der Waals surface area contributed by atoms with Crippen molar-refractivity contribution in [2.45, 2.75) is 139 Å². The van der Waals surface area contributed by atoms with E-state index in [1.54, 1.807) is 0 Å². The van der Waals surface area contributed by atoms with Crippen molar-refractivity contribution in [3.63, 3.8) is 0 Å². The second-order valence-electron chi connectivity index (χ2n) is 13.9. The number of aliphatic hydroxyl groups is 1. The van der Waals surface area contributed by atoms with Crippen molar-refractivity contribution in [3.05, 3.63) is 0 Å². The molecule has 0 unspecified atom stereocenters. The predicted octanol–water partition coefficient (Wildman–Crippen LogP) is -2.68. The van der Waals surface area contributed by atoms with Crippen molar-refractivity contribution in [2.75, 3.05) is 39.3 Å². The van der Waals surface area contributed by atoms with E-state index in [1.807, 2.05) is 0 Å². The van der Waals surface area contributed by atoms with E-state index in [2.05, 4.69) is 16.0 Å². The molecule has 2 heterocycles. The summed E-state index contributed by atoms with van der Waals surface area (Å²) in [5.41, 5.74) is 28.6. The molecule has 2 saturated heterocycles. The van der Waals surface area contributed by atoms with E-state index in [0.717, 1.165) is 0 Å². The number of carboxylic acids is 1. The standard InChI is InChI=1S/C34H64N10O8/c35-15-5-1-10-23(39)32(49)44-21-22(45)20-28(44)31(48)40-24(11-2-6-16-36)29(46)41-25(12-3-7-17-37)33(50)43-19-9-14-27(43)30(47)42-26(34(51)52)13-4-8-18-38/h22-28,45H,1-21,35-39H2,(H,40,48)(H,41,46)(H,42,47)(H,51,52)/t22-,23+,24+,25+,26+,27+,28+/m1/s1. The Bertz CT molecular complexity index is 1160. The van der Waals surface area contributed by atoms with Gasteiger partial charge in [0.2, 0.25) is 29.5 Å². The number of likely N-dealkylation sites (tertiary alicyclic amines) is 2. The maximum absolute atomic E-state index is 14.0. The van der Waals surface area contributed by atoms with Gasteiger partial charge in [-0.2, -0.15) is 0 Å². The molecule has 0 spiro atoms. The first kappa shape index (κ1) is 44.7. The highest BCUT2D eigenvalue weighted by molar-refractivity contribution is 5.96. The molecule has 0 bridgehead atoms. The number of hydrogen-bond donors (Lipinski definition) is 10. The monoisotopic (exact) mass is 740 g/mol. The van der Waals surface area contributed by atoms with Crippen LogP contribution in [0, 0.1) is 0 Å². The molecule has 7 atom stereocenters. The van der Waals surface area contributed by atoms with E-state index in [0.29, 0.717) is 96.8 Å². The highest BCUT2D eigenvalue weighted by Gasteiger charge is 2.42. The van der Waals surface area contributed by atoms with Gasteiger partial charge in [0, 0.05) is 19.5 Å². The second-order valence-corrected chi connectivity index (χ2v) is 13.9. The maximum Gasteiger partial charge on any atom is 0.326 e. The minimum Gasteiger partial charge on any atom is -0.480 e. The smallest absolute Gasteiger partial charge is 0.326 e. The van der Waals surface area contributed by atoms with Gasteiger partial charge in [0.25, 0.3) is 0 Å². The van der Waals surface area contributed by atoms with Crippen LogP contribution in [0.15, 0.2) is 0 Å². The molecule has 0 saturated carbocycles. The zero-order valence-electron chi connectivity index (χ0n) is 30.5. The van der Waals surface area contributed by atoms with Gasteiger partial charge in [0.1, 0.15) is 30.2 Å². The van der Waals surface area contributed by atoms with Gasteiger partial charge in [-0.1, -0.05) is 6.42 Å². The number of amides is 5. The lowest BCUT2D eigenvalue weighted by atomic mass is 10.0. The molecule has 52 heavy (non-hydrogen) atoms. The van der Waals surface area contributed by atoms with E-state index in [1.165, 1.54) is 9.80 Å². The third-order valence-corrected chi connectivity index (χ3v) is 9.69. The average Bonchev–Trinajstić information content (AvgIpc) is 3.77. The van der Waals surface area contributed by atoms with Crippen molar-refractivity contribution in [1.82, 2.24) is 25.8 Å². The van der Waals surface area contributed by atoms with Gasteiger partial charge >= 0.3 is 5.97 Å². The van der Waals surface area contributed by atoms with Crippen LogP contribution in [-0.4, -0.2) is 137 Å². The Hall–Kier alpha value is -3.42. The van der Waals surface area contributed by atoms with Gasteiger partial charge in [-0.3, -0.25) is 24.0 Å². The molecule has 18 heteroatoms. The number of carboxylic acid groups (broad SMARTS) is 1. The Balaban J connectivity index is 2.23. The Kier molecular flexibility index (Phi) is 20.7. The number of unbranched alkanes of at least 4 members (excludes halogenated alkanes) is 4. The summed E-state index contributed by atoms with van der Waals surface area (Å²) in [6, 6.07) is -6.13. The number of nitrogens with one attached hydrogen (secondary N) is 3. The minimum absolute atomic E-state index is 0.0292. The number of carbonyl (C=O) groups excluding carboxylic acids is 5.